The molecule has 0 saturated carbocycles. The van der Waals surface area contributed by atoms with E-state index < -0.39 is 16.4 Å². The molecule has 0 aliphatic rings. The molecule has 20 heavy (non-hydrogen) atoms. The molecule has 104 valence electrons. The Morgan fingerprint density at radius 1 is 1.30 bits per heavy atom. The van der Waals surface area contributed by atoms with Crippen LogP contribution >= 0.6 is 34.2 Å². The molecule has 0 heterocycles. The number of nitrogens with one attached hydrogen (secondary N) is 1. The topological polar surface area (TPSA) is 55.2 Å². The van der Waals surface area contributed by atoms with Gasteiger partial charge in [0, 0.05) is 16.2 Å². The third-order valence-corrected chi connectivity index (χ3v) is 3.61. The molecule has 0 radical (unpaired) electrons. The molecular formula is C13H9ClFIN2O2. The van der Waals surface area contributed by atoms with Gasteiger partial charge in [-0.15, -0.1) is 0 Å². The van der Waals surface area contributed by atoms with Gasteiger partial charge < -0.3 is 5.32 Å². The third kappa shape index (κ3) is 3.57. The number of rotatable bonds is 4. The fourth-order valence-electron chi connectivity index (χ4n) is 1.64. The molecule has 0 aliphatic carbocycles. The summed E-state index contributed by atoms with van der Waals surface area (Å²) < 4.78 is 14.5. The van der Waals surface area contributed by atoms with Crippen LogP contribution in [0.5, 0.6) is 0 Å². The fourth-order valence-corrected chi connectivity index (χ4v) is 2.56. The molecule has 4 nitrogen and oxygen atoms in total. The second-order valence-corrected chi connectivity index (χ2v) is 5.67. The smallest absolute Gasteiger partial charge is 0.304 e. The number of halogens is 3. The Morgan fingerprint density at radius 3 is 2.65 bits per heavy atom. The van der Waals surface area contributed by atoms with Crippen LogP contribution in [-0.2, 0) is 6.54 Å². The van der Waals surface area contributed by atoms with Gasteiger partial charge in [0.05, 0.1) is 15.6 Å². The molecule has 2 rings (SSSR count). The molecule has 1 N–H and O–H groups in total. The lowest BCUT2D eigenvalue weighted by Gasteiger charge is -2.09. The Bertz CT molecular complexity index is 667. The van der Waals surface area contributed by atoms with Crippen LogP contribution in [0.2, 0.25) is 5.02 Å². The maximum Gasteiger partial charge on any atom is 0.304 e. The summed E-state index contributed by atoms with van der Waals surface area (Å²) in [4.78, 5) is 9.77. The molecule has 0 unspecified atom stereocenters. The van der Waals surface area contributed by atoms with Crippen molar-refractivity contribution >= 4 is 45.6 Å². The van der Waals surface area contributed by atoms with Gasteiger partial charge in [-0.05, 0) is 52.4 Å². The fraction of sp³-hybridized carbons (Fsp3) is 0.0769. The zero-order valence-electron chi connectivity index (χ0n) is 10.1. The molecule has 0 atom stereocenters. The van der Waals surface area contributed by atoms with Crippen LogP contribution in [-0.4, -0.2) is 4.92 Å². The van der Waals surface area contributed by atoms with E-state index in [0.717, 1.165) is 21.4 Å². The SMILES string of the molecule is O=[N+]([O-])c1ccc(CNc2ccc(I)cc2Cl)cc1F. The van der Waals surface area contributed by atoms with E-state index in [1.165, 1.54) is 6.07 Å². The van der Waals surface area contributed by atoms with Gasteiger partial charge in [-0.25, -0.2) is 0 Å². The average molecular weight is 407 g/mol. The first-order chi connectivity index (χ1) is 9.47. The van der Waals surface area contributed by atoms with Crippen molar-refractivity contribution in [1.29, 1.82) is 0 Å². The van der Waals surface area contributed by atoms with E-state index >= 15 is 0 Å². The second kappa shape index (κ2) is 6.36. The van der Waals surface area contributed by atoms with Gasteiger partial charge in [0.2, 0.25) is 5.82 Å². The Morgan fingerprint density at radius 2 is 2.05 bits per heavy atom. The van der Waals surface area contributed by atoms with E-state index in [4.69, 9.17) is 11.6 Å². The number of benzene rings is 2. The predicted molar refractivity (Wildman–Crippen MR) is 84.6 cm³/mol. The molecule has 0 aliphatic heterocycles. The van der Waals surface area contributed by atoms with Crippen LogP contribution < -0.4 is 5.32 Å². The quantitative estimate of drug-likeness (QED) is 0.458. The molecule has 0 aromatic heterocycles. The van der Waals surface area contributed by atoms with Crippen LogP contribution in [0, 0.1) is 19.5 Å². The minimum absolute atomic E-state index is 0.329. The Labute approximate surface area is 133 Å². The third-order valence-electron chi connectivity index (χ3n) is 2.62. The monoisotopic (exact) mass is 406 g/mol. The summed E-state index contributed by atoms with van der Waals surface area (Å²) in [6.07, 6.45) is 0. The van der Waals surface area contributed by atoms with Crippen molar-refractivity contribution in [2.75, 3.05) is 5.32 Å². The Balaban J connectivity index is 2.11. The van der Waals surface area contributed by atoms with E-state index in [0.29, 0.717) is 17.1 Å². The van der Waals surface area contributed by atoms with Gasteiger partial charge in [-0.3, -0.25) is 10.1 Å². The highest BCUT2D eigenvalue weighted by Crippen LogP contribution is 2.25. The van der Waals surface area contributed by atoms with Gasteiger partial charge >= 0.3 is 5.69 Å². The van der Waals surface area contributed by atoms with Gasteiger partial charge in [0.15, 0.2) is 0 Å². The highest BCUT2D eigenvalue weighted by Gasteiger charge is 2.13. The normalized spacial score (nSPS) is 10.3. The van der Waals surface area contributed by atoms with Crippen LogP contribution in [0.3, 0.4) is 0 Å². The largest absolute Gasteiger partial charge is 0.380 e. The first kappa shape index (κ1) is 15.0. The standard InChI is InChI=1S/C13H9ClFIN2O2/c14-10-6-9(16)2-3-12(10)17-7-8-1-4-13(18(19)20)11(15)5-8/h1-6,17H,7H2. The summed E-state index contributed by atoms with van der Waals surface area (Å²) >= 11 is 8.21. The zero-order chi connectivity index (χ0) is 14.7. The first-order valence-electron chi connectivity index (χ1n) is 5.59. The minimum Gasteiger partial charge on any atom is -0.380 e. The first-order valence-corrected chi connectivity index (χ1v) is 7.05. The summed E-state index contributed by atoms with van der Waals surface area (Å²) in [6, 6.07) is 9.33. The van der Waals surface area contributed by atoms with Crippen molar-refractivity contribution in [2.24, 2.45) is 0 Å². The lowest BCUT2D eigenvalue weighted by Crippen LogP contribution is -2.01. The van der Waals surface area contributed by atoms with Gasteiger partial charge in [0.1, 0.15) is 0 Å². The Kier molecular flexibility index (Phi) is 4.77. The number of nitro benzene ring substituents is 1. The molecule has 0 bridgehead atoms. The van der Waals surface area contributed by atoms with Gasteiger partial charge in [-0.1, -0.05) is 17.7 Å². The summed E-state index contributed by atoms with van der Waals surface area (Å²) in [7, 11) is 0. The van der Waals surface area contributed by atoms with E-state index in [1.807, 2.05) is 12.1 Å². The van der Waals surface area contributed by atoms with Crippen LogP contribution in [0.15, 0.2) is 36.4 Å². The summed E-state index contributed by atoms with van der Waals surface area (Å²) in [6.45, 7) is 0.329. The Hall–Kier alpha value is -1.41. The number of nitro groups is 1. The van der Waals surface area contributed by atoms with Crippen LogP contribution in [0.25, 0.3) is 0 Å². The van der Waals surface area contributed by atoms with E-state index in [1.54, 1.807) is 6.07 Å². The second-order valence-electron chi connectivity index (χ2n) is 4.02. The van der Waals surface area contributed by atoms with E-state index in [9.17, 15) is 14.5 Å². The van der Waals surface area contributed by atoms with Crippen molar-refractivity contribution in [2.45, 2.75) is 6.54 Å². The highest BCUT2D eigenvalue weighted by molar-refractivity contribution is 14.1. The highest BCUT2D eigenvalue weighted by atomic mass is 127. The lowest BCUT2D eigenvalue weighted by molar-refractivity contribution is -0.387. The van der Waals surface area contributed by atoms with Crippen molar-refractivity contribution in [3.05, 3.63) is 66.5 Å². The maximum atomic E-state index is 13.5. The van der Waals surface area contributed by atoms with Crippen molar-refractivity contribution < 1.29 is 9.31 Å². The average Bonchev–Trinajstić information content (AvgIpc) is 2.37. The molecule has 7 heteroatoms. The maximum absolute atomic E-state index is 13.5. The predicted octanol–water partition coefficient (Wildman–Crippen LogP) is 4.60. The van der Waals surface area contributed by atoms with Gasteiger partial charge in [0.25, 0.3) is 0 Å². The summed E-state index contributed by atoms with van der Waals surface area (Å²) in [5, 5.41) is 14.2. The molecular weight excluding hydrogens is 398 g/mol. The van der Waals surface area contributed by atoms with E-state index in [-0.39, 0.29) is 0 Å². The molecule has 2 aromatic rings. The minimum atomic E-state index is -0.844. The van der Waals surface area contributed by atoms with Crippen LogP contribution in [0.1, 0.15) is 5.56 Å². The molecule has 0 saturated heterocycles. The molecule has 0 spiro atoms. The molecule has 0 amide bonds. The van der Waals surface area contributed by atoms with Gasteiger partial charge in [-0.2, -0.15) is 4.39 Å². The van der Waals surface area contributed by atoms with Crippen molar-refractivity contribution in [1.82, 2.24) is 0 Å². The number of hydrogen-bond acceptors (Lipinski definition) is 3. The zero-order valence-corrected chi connectivity index (χ0v) is 13.0. The van der Waals surface area contributed by atoms with Crippen molar-refractivity contribution in [3.8, 4) is 0 Å². The number of anilines is 1. The number of hydrogen-bond donors (Lipinski definition) is 1. The molecule has 2 aromatic carbocycles. The lowest BCUT2D eigenvalue weighted by atomic mass is 10.2. The number of nitrogens with zero attached hydrogens (tertiary/aromatic N) is 1. The summed E-state index contributed by atoms with van der Waals surface area (Å²) in [5.74, 6) is -0.844. The van der Waals surface area contributed by atoms with Crippen LogP contribution in [0.4, 0.5) is 15.8 Å². The van der Waals surface area contributed by atoms with Crippen molar-refractivity contribution in [3.63, 3.8) is 0 Å². The summed E-state index contributed by atoms with van der Waals surface area (Å²) in [5.41, 5.74) is 0.801. The molecule has 0 fully saturated rings. The van der Waals surface area contributed by atoms with E-state index in [2.05, 4.69) is 27.9 Å².